The Bertz CT molecular complexity index is 775. The number of esters is 2. The average molecular weight is 331 g/mol. The van der Waals surface area contributed by atoms with E-state index in [2.05, 4.69) is 10.1 Å². The molecule has 0 unspecified atom stereocenters. The number of methoxy groups -OCH3 is 1. The first kappa shape index (κ1) is 17.1. The molecule has 0 saturated heterocycles. The summed E-state index contributed by atoms with van der Waals surface area (Å²) >= 11 is 0. The molecular weight excluding hydrogens is 317 g/mol. The minimum absolute atomic E-state index is 0.161. The summed E-state index contributed by atoms with van der Waals surface area (Å²) in [6.45, 7) is -0.622. The molecule has 0 radical (unpaired) electrons. The Morgan fingerprint density at radius 3 is 2.25 bits per heavy atom. The van der Waals surface area contributed by atoms with E-state index in [9.17, 15) is 18.8 Å². The molecule has 0 aromatic heterocycles. The summed E-state index contributed by atoms with van der Waals surface area (Å²) in [4.78, 5) is 35.2. The molecule has 0 aliphatic heterocycles. The Balaban J connectivity index is 1.99. The van der Waals surface area contributed by atoms with Crippen molar-refractivity contribution in [3.63, 3.8) is 0 Å². The molecule has 0 aliphatic rings. The zero-order chi connectivity index (χ0) is 17.5. The number of hydrogen-bond acceptors (Lipinski definition) is 5. The smallest absolute Gasteiger partial charge is 0.341 e. The van der Waals surface area contributed by atoms with Crippen molar-refractivity contribution in [2.75, 3.05) is 19.0 Å². The lowest BCUT2D eigenvalue weighted by atomic mass is 10.2. The van der Waals surface area contributed by atoms with Gasteiger partial charge in [-0.25, -0.2) is 14.0 Å². The molecule has 2 rings (SSSR count). The fourth-order valence-electron chi connectivity index (χ4n) is 1.90. The van der Waals surface area contributed by atoms with Crippen LogP contribution in [0.5, 0.6) is 0 Å². The third-order valence-corrected chi connectivity index (χ3v) is 3.03. The van der Waals surface area contributed by atoms with Crippen LogP contribution in [0.2, 0.25) is 0 Å². The van der Waals surface area contributed by atoms with E-state index in [4.69, 9.17) is 4.74 Å². The first-order chi connectivity index (χ1) is 11.5. The molecule has 0 atom stereocenters. The van der Waals surface area contributed by atoms with Crippen LogP contribution in [0.4, 0.5) is 10.1 Å². The van der Waals surface area contributed by atoms with E-state index in [1.54, 1.807) is 12.1 Å². The van der Waals surface area contributed by atoms with Gasteiger partial charge in [-0.1, -0.05) is 24.3 Å². The van der Waals surface area contributed by atoms with Crippen LogP contribution in [-0.4, -0.2) is 31.6 Å². The molecule has 2 aromatic rings. The quantitative estimate of drug-likeness (QED) is 0.851. The van der Waals surface area contributed by atoms with Crippen molar-refractivity contribution in [3.8, 4) is 0 Å². The summed E-state index contributed by atoms with van der Waals surface area (Å²) in [5.41, 5.74) is 0.116. The molecule has 7 heteroatoms. The van der Waals surface area contributed by atoms with Crippen molar-refractivity contribution >= 4 is 23.5 Å². The van der Waals surface area contributed by atoms with Crippen LogP contribution in [-0.2, 0) is 14.3 Å². The molecule has 6 nitrogen and oxygen atoms in total. The predicted molar refractivity (Wildman–Crippen MR) is 83.1 cm³/mol. The van der Waals surface area contributed by atoms with E-state index in [0.717, 1.165) is 6.07 Å². The fourth-order valence-corrected chi connectivity index (χ4v) is 1.90. The summed E-state index contributed by atoms with van der Waals surface area (Å²) in [7, 11) is 1.22. The Morgan fingerprint density at radius 2 is 1.58 bits per heavy atom. The second kappa shape index (κ2) is 7.87. The van der Waals surface area contributed by atoms with Crippen molar-refractivity contribution in [3.05, 3.63) is 65.5 Å². The Hall–Kier alpha value is -3.22. The van der Waals surface area contributed by atoms with Crippen molar-refractivity contribution in [2.45, 2.75) is 0 Å². The second-order valence-electron chi connectivity index (χ2n) is 4.64. The van der Waals surface area contributed by atoms with Crippen molar-refractivity contribution in [1.82, 2.24) is 0 Å². The first-order valence-electron chi connectivity index (χ1n) is 6.91. The number of rotatable bonds is 5. The van der Waals surface area contributed by atoms with Gasteiger partial charge in [-0.3, -0.25) is 4.79 Å². The normalized spacial score (nSPS) is 9.92. The summed E-state index contributed by atoms with van der Waals surface area (Å²) in [6, 6.07) is 11.5. The van der Waals surface area contributed by atoms with Gasteiger partial charge in [-0.05, 0) is 24.3 Å². The van der Waals surface area contributed by atoms with Crippen molar-refractivity contribution < 1.29 is 28.2 Å². The Kier molecular flexibility index (Phi) is 5.62. The SMILES string of the molecule is COC(=O)c1ccccc1NC(=O)COC(=O)c1ccccc1F. The van der Waals surface area contributed by atoms with Crippen LogP contribution in [0.25, 0.3) is 0 Å². The minimum atomic E-state index is -0.954. The van der Waals surface area contributed by atoms with Crippen molar-refractivity contribution in [2.24, 2.45) is 0 Å². The fraction of sp³-hybridized carbons (Fsp3) is 0.118. The van der Waals surface area contributed by atoms with E-state index >= 15 is 0 Å². The molecule has 124 valence electrons. The molecule has 0 aliphatic carbocycles. The molecule has 0 heterocycles. The van der Waals surface area contributed by atoms with E-state index in [1.165, 1.54) is 37.4 Å². The molecule has 1 N–H and O–H groups in total. The topological polar surface area (TPSA) is 81.7 Å². The Morgan fingerprint density at radius 1 is 0.958 bits per heavy atom. The largest absolute Gasteiger partial charge is 0.465 e. The number of carbonyl (C=O) groups is 3. The van der Waals surface area contributed by atoms with Crippen LogP contribution < -0.4 is 5.32 Å². The summed E-state index contributed by atoms with van der Waals surface area (Å²) in [6.07, 6.45) is 0. The van der Waals surface area contributed by atoms with Gasteiger partial charge < -0.3 is 14.8 Å². The highest BCUT2D eigenvalue weighted by atomic mass is 19.1. The molecule has 0 spiro atoms. The summed E-state index contributed by atoms with van der Waals surface area (Å²) in [5.74, 6) is -2.98. The van der Waals surface area contributed by atoms with E-state index in [0.29, 0.717) is 0 Å². The summed E-state index contributed by atoms with van der Waals surface area (Å²) < 4.78 is 22.8. The number of halogens is 1. The lowest BCUT2D eigenvalue weighted by Gasteiger charge is -2.10. The third kappa shape index (κ3) is 4.16. The molecule has 0 fully saturated rings. The number of para-hydroxylation sites is 1. The predicted octanol–water partition coefficient (Wildman–Crippen LogP) is 2.41. The van der Waals surface area contributed by atoms with Crippen LogP contribution in [0, 0.1) is 5.82 Å². The van der Waals surface area contributed by atoms with Gasteiger partial charge in [0.05, 0.1) is 23.9 Å². The van der Waals surface area contributed by atoms with Gasteiger partial charge in [-0.2, -0.15) is 0 Å². The minimum Gasteiger partial charge on any atom is -0.465 e. The van der Waals surface area contributed by atoms with Gasteiger partial charge >= 0.3 is 11.9 Å². The highest BCUT2D eigenvalue weighted by molar-refractivity contribution is 6.02. The Labute approximate surface area is 137 Å². The van der Waals surface area contributed by atoms with Gasteiger partial charge in [0.15, 0.2) is 6.61 Å². The molecule has 0 bridgehead atoms. The monoisotopic (exact) mass is 331 g/mol. The number of hydrogen-bond donors (Lipinski definition) is 1. The van der Waals surface area contributed by atoms with Crippen LogP contribution >= 0.6 is 0 Å². The van der Waals surface area contributed by atoms with Crippen LogP contribution in [0.1, 0.15) is 20.7 Å². The van der Waals surface area contributed by atoms with E-state index in [1.807, 2.05) is 0 Å². The molecular formula is C17H14FNO5. The maximum atomic E-state index is 13.4. The zero-order valence-corrected chi connectivity index (χ0v) is 12.7. The summed E-state index contributed by atoms with van der Waals surface area (Å²) in [5, 5.41) is 2.44. The molecule has 2 aromatic carbocycles. The number of ether oxygens (including phenoxy) is 2. The lowest BCUT2D eigenvalue weighted by Crippen LogP contribution is -2.22. The second-order valence-corrected chi connectivity index (χ2v) is 4.64. The van der Waals surface area contributed by atoms with Crippen LogP contribution in [0.3, 0.4) is 0 Å². The highest BCUT2D eigenvalue weighted by Gasteiger charge is 2.16. The third-order valence-electron chi connectivity index (χ3n) is 3.03. The standard InChI is InChI=1S/C17H14FNO5/c1-23-16(21)12-7-3-5-9-14(12)19-15(20)10-24-17(22)11-6-2-4-8-13(11)18/h2-9H,10H2,1H3,(H,19,20). The van der Waals surface area contributed by atoms with Gasteiger partial charge in [0, 0.05) is 0 Å². The number of amides is 1. The highest BCUT2D eigenvalue weighted by Crippen LogP contribution is 2.16. The number of anilines is 1. The van der Waals surface area contributed by atoms with E-state index < -0.39 is 30.3 Å². The van der Waals surface area contributed by atoms with Gasteiger partial charge in [0.1, 0.15) is 5.82 Å². The van der Waals surface area contributed by atoms with Gasteiger partial charge in [-0.15, -0.1) is 0 Å². The average Bonchev–Trinajstić information content (AvgIpc) is 2.60. The molecule has 1 amide bonds. The molecule has 24 heavy (non-hydrogen) atoms. The van der Waals surface area contributed by atoms with Crippen molar-refractivity contribution in [1.29, 1.82) is 0 Å². The first-order valence-corrected chi connectivity index (χ1v) is 6.91. The van der Waals surface area contributed by atoms with Gasteiger partial charge in [0.25, 0.3) is 5.91 Å². The van der Waals surface area contributed by atoms with E-state index in [-0.39, 0.29) is 16.8 Å². The maximum Gasteiger partial charge on any atom is 0.341 e. The lowest BCUT2D eigenvalue weighted by molar-refractivity contribution is -0.119. The maximum absolute atomic E-state index is 13.4. The number of benzene rings is 2. The zero-order valence-electron chi connectivity index (χ0n) is 12.7. The van der Waals surface area contributed by atoms with Crippen LogP contribution in [0.15, 0.2) is 48.5 Å². The van der Waals surface area contributed by atoms with Gasteiger partial charge in [0.2, 0.25) is 0 Å². The molecule has 0 saturated carbocycles. The number of carbonyl (C=O) groups excluding carboxylic acids is 3. The number of nitrogens with one attached hydrogen (secondary N) is 1.